The van der Waals surface area contributed by atoms with Gasteiger partial charge in [0.15, 0.2) is 5.79 Å². The molecule has 2 heterocycles. The highest BCUT2D eigenvalue weighted by molar-refractivity contribution is 5.31. The summed E-state index contributed by atoms with van der Waals surface area (Å²) in [6.45, 7) is 6.26. The van der Waals surface area contributed by atoms with Gasteiger partial charge in [0, 0.05) is 5.92 Å². The second kappa shape index (κ2) is 7.62. The zero-order valence-electron chi connectivity index (χ0n) is 15.9. The molecular weight excluding hydrogens is 348 g/mol. The molecule has 1 aromatic carbocycles. The molecule has 1 N–H and O–H groups in total. The van der Waals surface area contributed by atoms with Gasteiger partial charge in [0.25, 0.3) is 0 Å². The van der Waals surface area contributed by atoms with E-state index in [-0.39, 0.29) is 24.7 Å². The lowest BCUT2D eigenvalue weighted by atomic mass is 10.0. The van der Waals surface area contributed by atoms with Crippen LogP contribution in [0.15, 0.2) is 42.0 Å². The van der Waals surface area contributed by atoms with E-state index in [9.17, 15) is 5.11 Å². The van der Waals surface area contributed by atoms with Crippen LogP contribution < -0.4 is 0 Å². The Labute approximate surface area is 160 Å². The van der Waals surface area contributed by atoms with Gasteiger partial charge in [0.2, 0.25) is 0 Å². The molecule has 1 unspecified atom stereocenters. The van der Waals surface area contributed by atoms with Crippen LogP contribution in [0.2, 0.25) is 0 Å². The second-order valence-corrected chi connectivity index (χ2v) is 8.00. The Morgan fingerprint density at radius 1 is 1.15 bits per heavy atom. The van der Waals surface area contributed by atoms with Gasteiger partial charge in [-0.25, -0.2) is 0 Å². The second-order valence-electron chi connectivity index (χ2n) is 8.00. The minimum absolute atomic E-state index is 0.0781. The maximum absolute atomic E-state index is 9.78. The van der Waals surface area contributed by atoms with E-state index in [2.05, 4.69) is 0 Å². The van der Waals surface area contributed by atoms with Crippen molar-refractivity contribution in [2.24, 2.45) is 5.92 Å². The zero-order valence-corrected chi connectivity index (χ0v) is 15.9. The molecular formula is C21H28O6. The van der Waals surface area contributed by atoms with Crippen molar-refractivity contribution < 1.29 is 28.8 Å². The van der Waals surface area contributed by atoms with Crippen LogP contribution in [0, 0.1) is 5.92 Å². The Hall–Kier alpha value is -1.28. The number of aliphatic hydroxyl groups excluding tert-OH is 1. The highest BCUT2D eigenvalue weighted by Gasteiger charge is 2.58. The Kier molecular flexibility index (Phi) is 5.38. The topological polar surface area (TPSA) is 66.4 Å². The molecule has 0 aromatic heterocycles. The van der Waals surface area contributed by atoms with Crippen LogP contribution >= 0.6 is 0 Å². The van der Waals surface area contributed by atoms with Crippen LogP contribution in [-0.4, -0.2) is 61.7 Å². The summed E-state index contributed by atoms with van der Waals surface area (Å²) in [5.41, 5.74) is 1.24. The molecule has 4 atom stereocenters. The number of rotatable bonds is 5. The van der Waals surface area contributed by atoms with Crippen LogP contribution in [0.1, 0.15) is 19.4 Å². The largest absolute Gasteiger partial charge is 0.392 e. The molecule has 27 heavy (non-hydrogen) atoms. The molecule has 1 spiro atoms. The lowest BCUT2D eigenvalue weighted by Gasteiger charge is -2.31. The molecule has 2 aliphatic heterocycles. The number of benzene rings is 1. The lowest BCUT2D eigenvalue weighted by molar-refractivity contribution is -0.183. The summed E-state index contributed by atoms with van der Waals surface area (Å²) in [7, 11) is 0. The van der Waals surface area contributed by atoms with E-state index in [0.717, 1.165) is 11.1 Å². The van der Waals surface area contributed by atoms with Gasteiger partial charge in [-0.15, -0.1) is 0 Å². The Morgan fingerprint density at radius 2 is 1.93 bits per heavy atom. The average molecular weight is 376 g/mol. The Morgan fingerprint density at radius 3 is 2.63 bits per heavy atom. The van der Waals surface area contributed by atoms with Crippen LogP contribution in [0.4, 0.5) is 0 Å². The van der Waals surface area contributed by atoms with Gasteiger partial charge < -0.3 is 28.8 Å². The molecule has 0 bridgehead atoms. The summed E-state index contributed by atoms with van der Waals surface area (Å²) >= 11 is 0. The summed E-state index contributed by atoms with van der Waals surface area (Å²) in [6, 6.07) is 10.1. The first-order chi connectivity index (χ1) is 13.0. The first-order valence-electron chi connectivity index (χ1n) is 9.53. The van der Waals surface area contributed by atoms with Crippen LogP contribution in [0.25, 0.3) is 0 Å². The van der Waals surface area contributed by atoms with E-state index in [1.165, 1.54) is 0 Å². The van der Waals surface area contributed by atoms with Crippen LogP contribution in [0.5, 0.6) is 0 Å². The van der Waals surface area contributed by atoms with Crippen molar-refractivity contribution in [2.45, 2.75) is 44.1 Å². The maximum Gasteiger partial charge on any atom is 0.164 e. The van der Waals surface area contributed by atoms with Gasteiger partial charge in [-0.1, -0.05) is 30.3 Å². The van der Waals surface area contributed by atoms with Crippen molar-refractivity contribution in [1.82, 2.24) is 0 Å². The average Bonchev–Trinajstić information content (AvgIpc) is 3.02. The predicted octanol–water partition coefficient (Wildman–Crippen LogP) is 2.06. The van der Waals surface area contributed by atoms with Crippen molar-refractivity contribution in [2.75, 3.05) is 33.0 Å². The summed E-state index contributed by atoms with van der Waals surface area (Å²) in [4.78, 5) is 0. The van der Waals surface area contributed by atoms with Gasteiger partial charge in [0.05, 0.1) is 39.6 Å². The standard InChI is InChI=1S/C21H28O6/c1-20(2)26-14-21(27-20)8-17(9-22)18-19(21)25-13-16(12-24-18)11-23-10-15-6-4-3-5-7-15/h3-8,16,18-19,22H,9-14H2,1-2H3/t16?,18-,19+,21-/m1/s1. The molecule has 1 aliphatic carbocycles. The number of hydrogen-bond donors (Lipinski definition) is 1. The van der Waals surface area contributed by atoms with E-state index in [1.54, 1.807) is 0 Å². The van der Waals surface area contributed by atoms with Gasteiger partial charge in [-0.2, -0.15) is 0 Å². The molecule has 3 aliphatic rings. The summed E-state index contributed by atoms with van der Waals surface area (Å²) in [6.07, 6.45) is 1.30. The molecule has 2 saturated heterocycles. The predicted molar refractivity (Wildman–Crippen MR) is 98.1 cm³/mol. The zero-order chi connectivity index (χ0) is 18.9. The first-order valence-corrected chi connectivity index (χ1v) is 9.53. The van der Waals surface area contributed by atoms with E-state index >= 15 is 0 Å². The van der Waals surface area contributed by atoms with E-state index < -0.39 is 11.4 Å². The number of hydrogen-bond acceptors (Lipinski definition) is 6. The third-order valence-electron chi connectivity index (χ3n) is 5.30. The number of fused-ring (bicyclic) bond motifs is 2. The number of ether oxygens (including phenoxy) is 5. The van der Waals surface area contributed by atoms with E-state index in [0.29, 0.717) is 33.0 Å². The molecule has 0 amide bonds. The first kappa shape index (κ1) is 19.1. The van der Waals surface area contributed by atoms with Crippen molar-refractivity contribution in [1.29, 1.82) is 0 Å². The molecule has 0 saturated carbocycles. The SMILES string of the molecule is CC1(C)OC[C@@]2(C=C(CO)[C@H]3OCC(COCc4ccccc4)CO[C@@H]32)O1. The molecule has 2 fully saturated rings. The van der Waals surface area contributed by atoms with E-state index in [1.807, 2.05) is 50.3 Å². The summed E-state index contributed by atoms with van der Waals surface area (Å²) in [5, 5.41) is 9.78. The third-order valence-corrected chi connectivity index (χ3v) is 5.30. The minimum Gasteiger partial charge on any atom is -0.392 e. The molecule has 6 nitrogen and oxygen atoms in total. The van der Waals surface area contributed by atoms with Crippen molar-refractivity contribution >= 4 is 0 Å². The molecule has 0 radical (unpaired) electrons. The van der Waals surface area contributed by atoms with Crippen molar-refractivity contribution in [3.63, 3.8) is 0 Å². The van der Waals surface area contributed by atoms with Gasteiger partial charge in [-0.3, -0.25) is 0 Å². The van der Waals surface area contributed by atoms with Crippen LogP contribution in [0.3, 0.4) is 0 Å². The maximum atomic E-state index is 9.78. The monoisotopic (exact) mass is 376 g/mol. The summed E-state index contributed by atoms with van der Waals surface area (Å²) in [5.74, 6) is -0.550. The normalized spacial score (nSPS) is 35.1. The quantitative estimate of drug-likeness (QED) is 0.794. The fraction of sp³-hybridized carbons (Fsp3) is 0.619. The van der Waals surface area contributed by atoms with Crippen molar-refractivity contribution in [3.8, 4) is 0 Å². The van der Waals surface area contributed by atoms with Crippen molar-refractivity contribution in [3.05, 3.63) is 47.5 Å². The third kappa shape index (κ3) is 3.97. The fourth-order valence-corrected chi connectivity index (χ4v) is 4.04. The van der Waals surface area contributed by atoms with Gasteiger partial charge in [-0.05, 0) is 31.1 Å². The van der Waals surface area contributed by atoms with Crippen LogP contribution in [-0.2, 0) is 30.3 Å². The summed E-state index contributed by atoms with van der Waals surface area (Å²) < 4.78 is 30.2. The molecule has 1 aromatic rings. The lowest BCUT2D eigenvalue weighted by Crippen LogP contribution is -2.48. The molecule has 148 valence electrons. The Balaban J connectivity index is 1.38. The molecule has 6 heteroatoms. The Bertz CT molecular complexity index is 673. The molecule has 4 rings (SSSR count). The highest BCUT2D eigenvalue weighted by Crippen LogP contribution is 2.44. The fourth-order valence-electron chi connectivity index (χ4n) is 4.04. The highest BCUT2D eigenvalue weighted by atomic mass is 16.8. The number of aliphatic hydroxyl groups is 1. The van der Waals surface area contributed by atoms with Gasteiger partial charge >= 0.3 is 0 Å². The smallest absolute Gasteiger partial charge is 0.164 e. The minimum atomic E-state index is -0.702. The van der Waals surface area contributed by atoms with Gasteiger partial charge in [0.1, 0.15) is 17.8 Å². The van der Waals surface area contributed by atoms with E-state index in [4.69, 9.17) is 23.7 Å².